The Morgan fingerprint density at radius 2 is 2.64 bits per heavy atom. The van der Waals surface area contributed by atoms with Gasteiger partial charge < -0.3 is 10.1 Å². The van der Waals surface area contributed by atoms with Gasteiger partial charge in [-0.1, -0.05) is 5.92 Å². The van der Waals surface area contributed by atoms with Crippen LogP contribution >= 0.6 is 0 Å². The number of ketones is 1. The molecule has 0 bridgehead atoms. The summed E-state index contributed by atoms with van der Waals surface area (Å²) in [5.41, 5.74) is 0. The summed E-state index contributed by atoms with van der Waals surface area (Å²) in [4.78, 5) is 11.1. The van der Waals surface area contributed by atoms with E-state index in [1.165, 1.54) is 0 Å². The van der Waals surface area contributed by atoms with E-state index in [1.807, 2.05) is 0 Å². The first-order valence-corrected chi connectivity index (χ1v) is 3.63. The molecule has 0 aromatic heterocycles. The smallest absolute Gasteiger partial charge is 0.174 e. The Balaban J connectivity index is 2.34. The molecular formula is C8H11NO2. The van der Waals surface area contributed by atoms with Gasteiger partial charge in [0.15, 0.2) is 5.78 Å². The molecular weight excluding hydrogens is 142 g/mol. The second-order valence-corrected chi connectivity index (χ2v) is 2.41. The minimum atomic E-state index is -0.320. The lowest BCUT2D eigenvalue weighted by molar-refractivity contribution is -0.130. The van der Waals surface area contributed by atoms with E-state index < -0.39 is 0 Å². The van der Waals surface area contributed by atoms with Crippen molar-refractivity contribution in [3.63, 3.8) is 0 Å². The first-order valence-electron chi connectivity index (χ1n) is 3.63. The van der Waals surface area contributed by atoms with E-state index in [2.05, 4.69) is 11.2 Å². The van der Waals surface area contributed by atoms with Crippen LogP contribution < -0.4 is 5.32 Å². The molecule has 0 aromatic carbocycles. The highest BCUT2D eigenvalue weighted by molar-refractivity contribution is 5.85. The molecule has 1 heterocycles. The van der Waals surface area contributed by atoms with Crippen LogP contribution in [0.15, 0.2) is 0 Å². The maximum absolute atomic E-state index is 11.1. The van der Waals surface area contributed by atoms with Gasteiger partial charge in [-0.15, -0.1) is 6.42 Å². The molecule has 3 heteroatoms. The molecule has 1 aliphatic rings. The number of Topliss-reactive ketones (excluding diaryl/α,β-unsaturated/α-hetero) is 1. The third-order valence-corrected chi connectivity index (χ3v) is 1.56. The van der Waals surface area contributed by atoms with Gasteiger partial charge in [0.05, 0.1) is 13.0 Å². The van der Waals surface area contributed by atoms with Crippen molar-refractivity contribution in [2.24, 2.45) is 0 Å². The van der Waals surface area contributed by atoms with Crippen molar-refractivity contribution in [3.05, 3.63) is 0 Å². The van der Waals surface area contributed by atoms with Crippen molar-refractivity contribution < 1.29 is 9.53 Å². The molecule has 3 nitrogen and oxygen atoms in total. The maximum atomic E-state index is 11.1. The third-order valence-electron chi connectivity index (χ3n) is 1.56. The number of nitrogens with one attached hydrogen (secondary N) is 1. The molecule has 0 radical (unpaired) electrons. The Labute approximate surface area is 66.1 Å². The van der Waals surface area contributed by atoms with E-state index in [1.54, 1.807) is 0 Å². The predicted octanol–water partition coefficient (Wildman–Crippen LogP) is -0.433. The molecule has 1 N–H and O–H groups in total. The summed E-state index contributed by atoms with van der Waals surface area (Å²) in [6, 6.07) is 0. The van der Waals surface area contributed by atoms with E-state index in [-0.39, 0.29) is 18.3 Å². The van der Waals surface area contributed by atoms with Gasteiger partial charge in [-0.3, -0.25) is 4.79 Å². The van der Waals surface area contributed by atoms with Gasteiger partial charge >= 0.3 is 0 Å². The van der Waals surface area contributed by atoms with Gasteiger partial charge in [0.2, 0.25) is 0 Å². The zero-order valence-electron chi connectivity index (χ0n) is 6.30. The van der Waals surface area contributed by atoms with E-state index in [0.29, 0.717) is 13.2 Å². The van der Waals surface area contributed by atoms with E-state index in [0.717, 1.165) is 6.54 Å². The van der Waals surface area contributed by atoms with Gasteiger partial charge in [0.1, 0.15) is 6.10 Å². The molecule has 0 saturated carbocycles. The van der Waals surface area contributed by atoms with Crippen LogP contribution in [0.4, 0.5) is 0 Å². The molecule has 1 aliphatic heterocycles. The summed E-state index contributed by atoms with van der Waals surface area (Å²) in [6.45, 7) is 2.02. The number of hydrogen-bond donors (Lipinski definition) is 1. The normalized spacial score (nSPS) is 24.1. The lowest BCUT2D eigenvalue weighted by Crippen LogP contribution is -2.42. The van der Waals surface area contributed by atoms with Crippen LogP contribution in [0.2, 0.25) is 0 Å². The van der Waals surface area contributed by atoms with Crippen LogP contribution in [0.25, 0.3) is 0 Å². The maximum Gasteiger partial charge on any atom is 0.174 e. The average molecular weight is 153 g/mol. The highest BCUT2D eigenvalue weighted by atomic mass is 16.5. The van der Waals surface area contributed by atoms with Crippen LogP contribution in [-0.2, 0) is 9.53 Å². The van der Waals surface area contributed by atoms with Gasteiger partial charge in [-0.05, 0) is 0 Å². The molecule has 0 aliphatic carbocycles. The fourth-order valence-corrected chi connectivity index (χ4v) is 0.987. The molecule has 0 amide bonds. The molecule has 1 atom stereocenters. The van der Waals surface area contributed by atoms with Crippen LogP contribution in [0.3, 0.4) is 0 Å². The number of carbonyl (C=O) groups is 1. The van der Waals surface area contributed by atoms with Gasteiger partial charge in [-0.25, -0.2) is 0 Å². The summed E-state index contributed by atoms with van der Waals surface area (Å²) < 4.78 is 5.18. The standard InChI is InChI=1S/C8H11NO2/c1-2-3-7(10)8-6-9-4-5-11-8/h1,8-9H,3-6H2. The Bertz CT molecular complexity index is 177. The number of ether oxygens (including phenoxy) is 1. The minimum Gasteiger partial charge on any atom is -0.368 e. The quantitative estimate of drug-likeness (QED) is 0.547. The van der Waals surface area contributed by atoms with Gasteiger partial charge in [0.25, 0.3) is 0 Å². The highest BCUT2D eigenvalue weighted by Gasteiger charge is 2.19. The third kappa shape index (κ3) is 2.34. The monoisotopic (exact) mass is 153 g/mol. The largest absolute Gasteiger partial charge is 0.368 e. The topological polar surface area (TPSA) is 38.3 Å². The number of morpholine rings is 1. The fourth-order valence-electron chi connectivity index (χ4n) is 0.987. The van der Waals surface area contributed by atoms with Crippen LogP contribution in [0, 0.1) is 12.3 Å². The van der Waals surface area contributed by atoms with E-state index in [9.17, 15) is 4.79 Å². The number of terminal acetylenes is 1. The second-order valence-electron chi connectivity index (χ2n) is 2.41. The Morgan fingerprint density at radius 3 is 3.18 bits per heavy atom. The van der Waals surface area contributed by atoms with Crippen molar-refractivity contribution in [1.29, 1.82) is 0 Å². The van der Waals surface area contributed by atoms with Crippen molar-refractivity contribution in [2.75, 3.05) is 19.7 Å². The number of rotatable bonds is 2. The molecule has 1 saturated heterocycles. The average Bonchev–Trinajstić information content (AvgIpc) is 2.07. The summed E-state index contributed by atoms with van der Waals surface area (Å²) in [5, 5.41) is 3.06. The fraction of sp³-hybridized carbons (Fsp3) is 0.625. The first-order chi connectivity index (χ1) is 5.34. The van der Waals surface area contributed by atoms with Crippen LogP contribution in [0.5, 0.6) is 0 Å². The van der Waals surface area contributed by atoms with Gasteiger partial charge in [0, 0.05) is 13.1 Å². The SMILES string of the molecule is C#CCC(=O)C1CNCCO1. The Kier molecular flexibility index (Phi) is 3.09. The van der Waals surface area contributed by atoms with Crippen LogP contribution in [0.1, 0.15) is 6.42 Å². The van der Waals surface area contributed by atoms with E-state index >= 15 is 0 Å². The summed E-state index contributed by atoms with van der Waals surface area (Å²) in [5.74, 6) is 2.31. The van der Waals surface area contributed by atoms with Crippen molar-refractivity contribution >= 4 is 5.78 Å². The second kappa shape index (κ2) is 4.12. The van der Waals surface area contributed by atoms with E-state index in [4.69, 9.17) is 11.2 Å². The number of hydrogen-bond acceptors (Lipinski definition) is 3. The molecule has 60 valence electrons. The molecule has 0 spiro atoms. The van der Waals surface area contributed by atoms with Crippen molar-refractivity contribution in [3.8, 4) is 12.3 Å². The van der Waals surface area contributed by atoms with Gasteiger partial charge in [-0.2, -0.15) is 0 Å². The molecule has 1 unspecified atom stereocenters. The predicted molar refractivity (Wildman–Crippen MR) is 41.1 cm³/mol. The summed E-state index contributed by atoms with van der Waals surface area (Å²) in [6.07, 6.45) is 4.84. The molecule has 11 heavy (non-hydrogen) atoms. The number of carbonyl (C=O) groups excluding carboxylic acids is 1. The molecule has 0 aromatic rings. The minimum absolute atomic E-state index is 0.000278. The summed E-state index contributed by atoms with van der Waals surface area (Å²) in [7, 11) is 0. The zero-order valence-corrected chi connectivity index (χ0v) is 6.30. The zero-order chi connectivity index (χ0) is 8.10. The Hall–Kier alpha value is -0.850. The highest BCUT2D eigenvalue weighted by Crippen LogP contribution is 1.99. The lowest BCUT2D eigenvalue weighted by atomic mass is 10.1. The molecule has 1 fully saturated rings. The summed E-state index contributed by atoms with van der Waals surface area (Å²) >= 11 is 0. The molecule has 1 rings (SSSR count). The Morgan fingerprint density at radius 1 is 1.82 bits per heavy atom. The van der Waals surface area contributed by atoms with Crippen molar-refractivity contribution in [2.45, 2.75) is 12.5 Å². The van der Waals surface area contributed by atoms with Crippen LogP contribution in [-0.4, -0.2) is 31.6 Å². The lowest BCUT2D eigenvalue weighted by Gasteiger charge is -2.21. The first kappa shape index (κ1) is 8.25. The van der Waals surface area contributed by atoms with Crippen molar-refractivity contribution in [1.82, 2.24) is 5.32 Å².